The molecule has 0 unspecified atom stereocenters. The van der Waals surface area contributed by atoms with E-state index in [0.29, 0.717) is 0 Å². The van der Waals surface area contributed by atoms with E-state index in [0.717, 1.165) is 49.2 Å². The highest BCUT2D eigenvalue weighted by Gasteiger charge is 2.20. The van der Waals surface area contributed by atoms with E-state index in [1.807, 2.05) is 32.6 Å². The smallest absolute Gasteiger partial charge is 0.225 e. The van der Waals surface area contributed by atoms with Gasteiger partial charge >= 0.3 is 0 Å². The number of benzene rings is 1. The number of hydrogen-bond donors (Lipinski definition) is 0. The molecule has 2 aromatic heterocycles. The van der Waals surface area contributed by atoms with Gasteiger partial charge in [-0.15, -0.1) is 0 Å². The first-order valence-corrected chi connectivity index (χ1v) is 9.07. The molecule has 7 heteroatoms. The fourth-order valence-corrected chi connectivity index (χ4v) is 3.18. The van der Waals surface area contributed by atoms with Crippen LogP contribution in [0.3, 0.4) is 0 Å². The van der Waals surface area contributed by atoms with Gasteiger partial charge in [0.2, 0.25) is 5.95 Å². The summed E-state index contributed by atoms with van der Waals surface area (Å²) < 4.78 is 0. The van der Waals surface area contributed by atoms with Crippen LogP contribution in [0.4, 0.5) is 17.5 Å². The monoisotopic (exact) mass is 361 g/mol. The molecule has 4 rings (SSSR count). The topological polar surface area (TPSA) is 61.3 Å². The molecule has 1 aromatic carbocycles. The minimum atomic E-state index is 0.781. The summed E-state index contributed by atoms with van der Waals surface area (Å²) in [5.41, 5.74) is 3.22. The van der Waals surface area contributed by atoms with Gasteiger partial charge in [-0.05, 0) is 18.2 Å². The lowest BCUT2D eigenvalue weighted by Crippen LogP contribution is -2.47. The van der Waals surface area contributed by atoms with Crippen LogP contribution >= 0.6 is 0 Å². The highest BCUT2D eigenvalue weighted by molar-refractivity contribution is 5.63. The van der Waals surface area contributed by atoms with Crippen LogP contribution in [0.15, 0.2) is 55.1 Å². The molecule has 1 aliphatic heterocycles. The maximum Gasteiger partial charge on any atom is 0.225 e. The molecule has 3 heterocycles. The standard InChI is InChI=1S/C20H23N7/c1-25(2)17-5-3-16(4-6-17)18-7-8-23-20(24-18)27-13-11-26(12-14-27)19-15-21-9-10-22-19/h3-10,15H,11-14H2,1-2H3. The normalized spacial score (nSPS) is 14.3. The van der Waals surface area contributed by atoms with E-state index in [2.05, 4.69) is 53.9 Å². The van der Waals surface area contributed by atoms with Crippen LogP contribution < -0.4 is 14.7 Å². The minimum absolute atomic E-state index is 0.781. The summed E-state index contributed by atoms with van der Waals surface area (Å²) in [6.07, 6.45) is 7.08. The van der Waals surface area contributed by atoms with Gasteiger partial charge in [-0.1, -0.05) is 12.1 Å². The Bertz CT molecular complexity index is 872. The number of rotatable bonds is 4. The molecule has 7 nitrogen and oxygen atoms in total. The molecular formula is C20H23N7. The second-order valence-corrected chi connectivity index (χ2v) is 6.72. The van der Waals surface area contributed by atoms with Gasteiger partial charge in [-0.2, -0.15) is 0 Å². The van der Waals surface area contributed by atoms with Crippen molar-refractivity contribution in [2.24, 2.45) is 0 Å². The number of anilines is 3. The van der Waals surface area contributed by atoms with Crippen LogP contribution in [0.1, 0.15) is 0 Å². The van der Waals surface area contributed by atoms with Gasteiger partial charge in [0.05, 0.1) is 11.9 Å². The summed E-state index contributed by atoms with van der Waals surface area (Å²) in [7, 11) is 4.08. The fraction of sp³-hybridized carbons (Fsp3) is 0.300. The Labute approximate surface area is 159 Å². The van der Waals surface area contributed by atoms with E-state index in [1.165, 1.54) is 5.69 Å². The van der Waals surface area contributed by atoms with Crippen LogP contribution in [0.25, 0.3) is 11.3 Å². The Morgan fingerprint density at radius 1 is 0.815 bits per heavy atom. The predicted molar refractivity (Wildman–Crippen MR) is 108 cm³/mol. The van der Waals surface area contributed by atoms with Gasteiger partial charge in [0.15, 0.2) is 0 Å². The quantitative estimate of drug-likeness (QED) is 0.707. The van der Waals surface area contributed by atoms with Crippen molar-refractivity contribution in [2.75, 3.05) is 55.0 Å². The van der Waals surface area contributed by atoms with Crippen molar-refractivity contribution in [2.45, 2.75) is 0 Å². The molecule has 3 aromatic rings. The van der Waals surface area contributed by atoms with Crippen molar-refractivity contribution < 1.29 is 0 Å². The molecule has 0 bridgehead atoms. The van der Waals surface area contributed by atoms with Crippen molar-refractivity contribution in [3.05, 3.63) is 55.1 Å². The highest BCUT2D eigenvalue weighted by Crippen LogP contribution is 2.23. The molecule has 1 fully saturated rings. The summed E-state index contributed by atoms with van der Waals surface area (Å²) in [6, 6.07) is 10.4. The van der Waals surface area contributed by atoms with Crippen molar-refractivity contribution in [3.63, 3.8) is 0 Å². The summed E-state index contributed by atoms with van der Waals surface area (Å²) in [6.45, 7) is 3.48. The Kier molecular flexibility index (Phi) is 4.82. The molecule has 0 atom stereocenters. The summed E-state index contributed by atoms with van der Waals surface area (Å²) >= 11 is 0. The van der Waals surface area contributed by atoms with E-state index in [4.69, 9.17) is 4.98 Å². The maximum absolute atomic E-state index is 4.79. The maximum atomic E-state index is 4.79. The third-order valence-electron chi connectivity index (χ3n) is 4.76. The van der Waals surface area contributed by atoms with Crippen molar-refractivity contribution >= 4 is 17.5 Å². The number of nitrogens with zero attached hydrogens (tertiary/aromatic N) is 7. The lowest BCUT2D eigenvalue weighted by molar-refractivity contribution is 0.634. The molecule has 27 heavy (non-hydrogen) atoms. The molecule has 0 aliphatic carbocycles. The second-order valence-electron chi connectivity index (χ2n) is 6.72. The highest BCUT2D eigenvalue weighted by atomic mass is 15.3. The molecule has 1 saturated heterocycles. The summed E-state index contributed by atoms with van der Waals surface area (Å²) in [5, 5.41) is 0. The van der Waals surface area contributed by atoms with Gasteiger partial charge in [-0.25, -0.2) is 15.0 Å². The largest absolute Gasteiger partial charge is 0.378 e. The third kappa shape index (κ3) is 3.81. The van der Waals surface area contributed by atoms with E-state index < -0.39 is 0 Å². The number of piperazine rings is 1. The average molecular weight is 361 g/mol. The lowest BCUT2D eigenvalue weighted by Gasteiger charge is -2.35. The minimum Gasteiger partial charge on any atom is -0.378 e. The van der Waals surface area contributed by atoms with Crippen LogP contribution in [-0.4, -0.2) is 60.2 Å². The molecular weight excluding hydrogens is 338 g/mol. The number of hydrogen-bond acceptors (Lipinski definition) is 7. The van der Waals surface area contributed by atoms with Gasteiger partial charge in [0, 0.05) is 70.1 Å². The van der Waals surface area contributed by atoms with Crippen molar-refractivity contribution in [1.29, 1.82) is 0 Å². The Balaban J connectivity index is 1.47. The van der Waals surface area contributed by atoms with Crippen LogP contribution in [-0.2, 0) is 0 Å². The Hall–Kier alpha value is -3.22. The van der Waals surface area contributed by atoms with Crippen LogP contribution in [0.5, 0.6) is 0 Å². The van der Waals surface area contributed by atoms with E-state index in [-0.39, 0.29) is 0 Å². The predicted octanol–water partition coefficient (Wildman–Crippen LogP) is 2.33. The summed E-state index contributed by atoms with van der Waals surface area (Å²) in [5.74, 6) is 1.70. The van der Waals surface area contributed by atoms with Gasteiger partial charge in [-0.3, -0.25) is 4.98 Å². The fourth-order valence-electron chi connectivity index (χ4n) is 3.18. The zero-order valence-corrected chi connectivity index (χ0v) is 15.7. The zero-order chi connectivity index (χ0) is 18.6. The molecule has 0 saturated carbocycles. The van der Waals surface area contributed by atoms with E-state index in [1.54, 1.807) is 12.4 Å². The SMILES string of the molecule is CN(C)c1ccc(-c2ccnc(N3CCN(c4cnccn4)CC3)n2)cc1. The molecule has 1 aliphatic rings. The van der Waals surface area contributed by atoms with E-state index >= 15 is 0 Å². The average Bonchev–Trinajstić information content (AvgIpc) is 2.75. The Morgan fingerprint density at radius 2 is 1.56 bits per heavy atom. The Morgan fingerprint density at radius 3 is 2.22 bits per heavy atom. The van der Waals surface area contributed by atoms with Gasteiger partial charge in [0.25, 0.3) is 0 Å². The number of aromatic nitrogens is 4. The molecule has 138 valence electrons. The van der Waals surface area contributed by atoms with Crippen LogP contribution in [0.2, 0.25) is 0 Å². The zero-order valence-electron chi connectivity index (χ0n) is 15.7. The first kappa shape index (κ1) is 17.2. The lowest BCUT2D eigenvalue weighted by atomic mass is 10.1. The van der Waals surface area contributed by atoms with Gasteiger partial charge < -0.3 is 14.7 Å². The van der Waals surface area contributed by atoms with Gasteiger partial charge in [0.1, 0.15) is 5.82 Å². The summed E-state index contributed by atoms with van der Waals surface area (Å²) in [4.78, 5) is 24.4. The van der Waals surface area contributed by atoms with E-state index in [9.17, 15) is 0 Å². The molecule has 0 radical (unpaired) electrons. The first-order valence-electron chi connectivity index (χ1n) is 9.07. The molecule has 0 N–H and O–H groups in total. The third-order valence-corrected chi connectivity index (χ3v) is 4.76. The molecule has 0 amide bonds. The van der Waals surface area contributed by atoms with Crippen LogP contribution in [0, 0.1) is 0 Å². The van der Waals surface area contributed by atoms with Crippen molar-refractivity contribution in [3.8, 4) is 11.3 Å². The first-order chi connectivity index (χ1) is 13.2. The second kappa shape index (κ2) is 7.57. The van der Waals surface area contributed by atoms with Crippen molar-refractivity contribution in [1.82, 2.24) is 19.9 Å². The molecule has 0 spiro atoms.